The summed E-state index contributed by atoms with van der Waals surface area (Å²) in [5.74, 6) is -0.0819. The minimum absolute atomic E-state index is 0.0386. The van der Waals surface area contributed by atoms with Crippen molar-refractivity contribution in [1.29, 1.82) is 0 Å². The first kappa shape index (κ1) is 18.0. The number of amides is 1. The van der Waals surface area contributed by atoms with Crippen molar-refractivity contribution in [2.75, 3.05) is 5.32 Å². The Morgan fingerprint density at radius 3 is 2.77 bits per heavy atom. The molecule has 0 spiro atoms. The second-order valence-electron chi connectivity index (χ2n) is 5.92. The normalized spacial score (nSPS) is 10.8. The molecule has 0 atom stereocenters. The van der Waals surface area contributed by atoms with Crippen molar-refractivity contribution in [3.8, 4) is 5.75 Å². The van der Waals surface area contributed by atoms with Crippen LogP contribution in [0.1, 0.15) is 34.8 Å². The minimum Gasteiger partial charge on any atom is -0.490 e. The van der Waals surface area contributed by atoms with E-state index in [-0.39, 0.29) is 17.8 Å². The Morgan fingerprint density at radius 1 is 1.19 bits per heavy atom. The van der Waals surface area contributed by atoms with Gasteiger partial charge in [0.25, 0.3) is 5.91 Å². The highest BCUT2D eigenvalue weighted by atomic mass is 32.1. The van der Waals surface area contributed by atoms with E-state index in [0.29, 0.717) is 27.9 Å². The summed E-state index contributed by atoms with van der Waals surface area (Å²) in [6.45, 7) is 3.80. The third-order valence-corrected chi connectivity index (χ3v) is 4.26. The molecule has 0 unspecified atom stereocenters. The number of halogens is 1. The maximum Gasteiger partial charge on any atom is 0.261 e. The van der Waals surface area contributed by atoms with Crippen molar-refractivity contribution < 1.29 is 13.9 Å². The van der Waals surface area contributed by atoms with Gasteiger partial charge in [-0.1, -0.05) is 35.6 Å². The van der Waals surface area contributed by atoms with Gasteiger partial charge in [0.15, 0.2) is 0 Å². The number of rotatable bonds is 6. The van der Waals surface area contributed by atoms with Gasteiger partial charge in [0.2, 0.25) is 5.13 Å². The second kappa shape index (κ2) is 8.05. The van der Waals surface area contributed by atoms with E-state index < -0.39 is 0 Å². The predicted molar refractivity (Wildman–Crippen MR) is 99.3 cm³/mol. The second-order valence-corrected chi connectivity index (χ2v) is 6.99. The summed E-state index contributed by atoms with van der Waals surface area (Å²) in [6.07, 6.45) is 0.418. The Hall–Kier alpha value is -2.80. The lowest BCUT2D eigenvalue weighted by atomic mass is 10.1. The van der Waals surface area contributed by atoms with Crippen LogP contribution in [-0.2, 0) is 6.42 Å². The maximum absolute atomic E-state index is 13.3. The zero-order valence-corrected chi connectivity index (χ0v) is 15.2. The van der Waals surface area contributed by atoms with Crippen LogP contribution in [0.3, 0.4) is 0 Å². The molecule has 0 saturated carbocycles. The molecule has 0 aliphatic carbocycles. The maximum atomic E-state index is 13.3. The lowest BCUT2D eigenvalue weighted by Crippen LogP contribution is -2.15. The van der Waals surface area contributed by atoms with Crippen LogP contribution in [0.15, 0.2) is 48.5 Å². The van der Waals surface area contributed by atoms with Gasteiger partial charge in [0.05, 0.1) is 11.7 Å². The highest BCUT2D eigenvalue weighted by Gasteiger charge is 2.15. The number of nitrogens with zero attached hydrogens (tertiary/aromatic N) is 2. The van der Waals surface area contributed by atoms with Crippen LogP contribution < -0.4 is 10.1 Å². The van der Waals surface area contributed by atoms with Crippen LogP contribution >= 0.6 is 11.3 Å². The molecule has 2 aromatic carbocycles. The number of anilines is 1. The SMILES string of the molecule is CC(C)Oc1ccccc1C(=O)Nc1nnc(Cc2cccc(F)c2)s1. The van der Waals surface area contributed by atoms with Gasteiger partial charge < -0.3 is 4.74 Å². The lowest BCUT2D eigenvalue weighted by molar-refractivity contribution is 0.102. The van der Waals surface area contributed by atoms with Crippen LogP contribution in [-0.4, -0.2) is 22.2 Å². The fraction of sp³-hybridized carbons (Fsp3) is 0.211. The molecule has 5 nitrogen and oxygen atoms in total. The molecule has 3 aromatic rings. The number of carbonyl (C=O) groups excluding carboxylic acids is 1. The molecule has 0 bridgehead atoms. The number of nitrogens with one attached hydrogen (secondary N) is 1. The van der Waals surface area contributed by atoms with E-state index in [0.717, 1.165) is 5.56 Å². The third kappa shape index (κ3) is 4.64. The van der Waals surface area contributed by atoms with Crippen LogP contribution in [0, 0.1) is 5.82 Å². The fourth-order valence-electron chi connectivity index (χ4n) is 2.37. The van der Waals surface area contributed by atoms with Gasteiger partial charge in [-0.15, -0.1) is 10.2 Å². The van der Waals surface area contributed by atoms with E-state index in [1.54, 1.807) is 24.3 Å². The topological polar surface area (TPSA) is 64.1 Å². The summed E-state index contributed by atoms with van der Waals surface area (Å²) in [6, 6.07) is 13.4. The molecule has 134 valence electrons. The molecule has 0 aliphatic heterocycles. The summed E-state index contributed by atoms with van der Waals surface area (Å²) in [5.41, 5.74) is 1.23. The lowest BCUT2D eigenvalue weighted by Gasteiger charge is -2.13. The van der Waals surface area contributed by atoms with Gasteiger partial charge in [-0.05, 0) is 43.7 Å². The highest BCUT2D eigenvalue weighted by Crippen LogP contribution is 2.23. The van der Waals surface area contributed by atoms with Gasteiger partial charge in [-0.3, -0.25) is 10.1 Å². The third-order valence-electron chi connectivity index (χ3n) is 3.43. The number of para-hydroxylation sites is 1. The molecule has 1 N–H and O–H groups in total. The van der Waals surface area contributed by atoms with Gasteiger partial charge in [-0.25, -0.2) is 4.39 Å². The first-order chi connectivity index (χ1) is 12.5. The molecule has 7 heteroatoms. The largest absolute Gasteiger partial charge is 0.490 e. The molecule has 3 rings (SSSR count). The quantitative estimate of drug-likeness (QED) is 0.701. The Morgan fingerprint density at radius 2 is 2.00 bits per heavy atom. The molecule has 0 radical (unpaired) electrons. The Balaban J connectivity index is 1.70. The van der Waals surface area contributed by atoms with Crippen molar-refractivity contribution in [3.05, 3.63) is 70.5 Å². The van der Waals surface area contributed by atoms with Crippen LogP contribution in [0.2, 0.25) is 0 Å². The zero-order valence-electron chi connectivity index (χ0n) is 14.4. The number of carbonyl (C=O) groups is 1. The van der Waals surface area contributed by atoms with E-state index in [9.17, 15) is 9.18 Å². The molecular formula is C19H18FN3O2S. The smallest absolute Gasteiger partial charge is 0.261 e. The molecule has 1 amide bonds. The summed E-state index contributed by atoms with van der Waals surface area (Å²) < 4.78 is 18.9. The van der Waals surface area contributed by atoms with Crippen molar-refractivity contribution in [1.82, 2.24) is 10.2 Å². The number of benzene rings is 2. The summed E-state index contributed by atoms with van der Waals surface area (Å²) in [7, 11) is 0. The molecule has 1 aromatic heterocycles. The van der Waals surface area contributed by atoms with Crippen molar-refractivity contribution >= 4 is 22.4 Å². The number of aromatic nitrogens is 2. The minimum atomic E-state index is -0.310. The number of hydrogen-bond acceptors (Lipinski definition) is 5. The first-order valence-corrected chi connectivity index (χ1v) is 8.97. The van der Waals surface area contributed by atoms with Crippen molar-refractivity contribution in [3.63, 3.8) is 0 Å². The average molecular weight is 371 g/mol. The van der Waals surface area contributed by atoms with E-state index >= 15 is 0 Å². The summed E-state index contributed by atoms with van der Waals surface area (Å²) in [4.78, 5) is 12.5. The standard InChI is InChI=1S/C19H18FN3O2S/c1-12(2)25-16-9-4-3-8-15(16)18(24)21-19-23-22-17(26-19)11-13-6-5-7-14(20)10-13/h3-10,12H,11H2,1-2H3,(H,21,23,24). The van der Waals surface area contributed by atoms with Crippen LogP contribution in [0.4, 0.5) is 9.52 Å². The van der Waals surface area contributed by atoms with E-state index in [2.05, 4.69) is 15.5 Å². The fourth-order valence-corrected chi connectivity index (χ4v) is 3.14. The molecule has 1 heterocycles. The van der Waals surface area contributed by atoms with Gasteiger partial charge in [0, 0.05) is 6.42 Å². The van der Waals surface area contributed by atoms with Crippen molar-refractivity contribution in [2.24, 2.45) is 0 Å². The first-order valence-electron chi connectivity index (χ1n) is 8.15. The summed E-state index contributed by atoms with van der Waals surface area (Å²) in [5, 5.41) is 11.9. The molecular weight excluding hydrogens is 353 g/mol. The molecule has 26 heavy (non-hydrogen) atoms. The predicted octanol–water partition coefficient (Wildman–Crippen LogP) is 4.31. The summed E-state index contributed by atoms with van der Waals surface area (Å²) >= 11 is 1.26. The average Bonchev–Trinajstić information content (AvgIpc) is 3.01. The van der Waals surface area contributed by atoms with E-state index in [1.165, 1.54) is 23.5 Å². The molecule has 0 aliphatic rings. The Kier molecular flexibility index (Phi) is 5.58. The zero-order chi connectivity index (χ0) is 18.5. The van der Waals surface area contributed by atoms with Gasteiger partial charge in [0.1, 0.15) is 16.6 Å². The van der Waals surface area contributed by atoms with E-state index in [1.807, 2.05) is 26.0 Å². The number of hydrogen-bond donors (Lipinski definition) is 1. The monoisotopic (exact) mass is 371 g/mol. The van der Waals surface area contributed by atoms with Gasteiger partial charge in [-0.2, -0.15) is 0 Å². The van der Waals surface area contributed by atoms with Crippen molar-refractivity contribution in [2.45, 2.75) is 26.4 Å². The van der Waals surface area contributed by atoms with Crippen LogP contribution in [0.5, 0.6) is 5.75 Å². The van der Waals surface area contributed by atoms with E-state index in [4.69, 9.17) is 4.74 Å². The van der Waals surface area contributed by atoms with Crippen LogP contribution in [0.25, 0.3) is 0 Å². The number of ether oxygens (including phenoxy) is 1. The molecule has 0 saturated heterocycles. The Bertz CT molecular complexity index is 911. The molecule has 0 fully saturated rings. The highest BCUT2D eigenvalue weighted by molar-refractivity contribution is 7.15. The van der Waals surface area contributed by atoms with Gasteiger partial charge >= 0.3 is 0 Å². The Labute approximate surface area is 154 Å².